The Morgan fingerprint density at radius 2 is 1.73 bits per heavy atom. The molecule has 88 valence electrons. The molecule has 0 aromatic carbocycles. The molecule has 0 atom stereocenters. The molecule has 1 amide bonds. The highest BCUT2D eigenvalue weighted by Gasteiger charge is 2.18. The molecule has 2 N–H and O–H groups in total. The van der Waals surface area contributed by atoms with Gasteiger partial charge >= 0.3 is 0 Å². The molecule has 3 nitrogen and oxygen atoms in total. The highest BCUT2D eigenvalue weighted by Crippen LogP contribution is 2.13. The highest BCUT2D eigenvalue weighted by atomic mass is 16.2. The van der Waals surface area contributed by atoms with E-state index >= 15 is 0 Å². The molecule has 1 aliphatic heterocycles. The summed E-state index contributed by atoms with van der Waals surface area (Å²) in [6.45, 7) is 5.85. The van der Waals surface area contributed by atoms with Gasteiger partial charge in [0.15, 0.2) is 0 Å². The second-order valence-electron chi connectivity index (χ2n) is 5.28. The Morgan fingerprint density at radius 3 is 2.20 bits per heavy atom. The summed E-state index contributed by atoms with van der Waals surface area (Å²) < 4.78 is 0. The number of likely N-dealkylation sites (tertiary alicyclic amines) is 1. The second kappa shape index (κ2) is 5.50. The highest BCUT2D eigenvalue weighted by molar-refractivity contribution is 5.76. The Bertz CT molecular complexity index is 200. The van der Waals surface area contributed by atoms with E-state index in [1.54, 1.807) is 0 Å². The van der Waals surface area contributed by atoms with Crippen LogP contribution in [0.4, 0.5) is 0 Å². The summed E-state index contributed by atoms with van der Waals surface area (Å²) in [5.74, 6) is 0.287. The summed E-state index contributed by atoms with van der Waals surface area (Å²) >= 11 is 0. The van der Waals surface area contributed by atoms with Crippen molar-refractivity contribution < 1.29 is 4.79 Å². The molecule has 0 aromatic heterocycles. The molecule has 1 fully saturated rings. The van der Waals surface area contributed by atoms with Crippen molar-refractivity contribution in [2.24, 2.45) is 5.73 Å². The van der Waals surface area contributed by atoms with Crippen LogP contribution in [0.1, 0.15) is 52.4 Å². The Balaban J connectivity index is 2.32. The fourth-order valence-electron chi connectivity index (χ4n) is 1.91. The Hall–Kier alpha value is -0.570. The molecule has 0 saturated carbocycles. The van der Waals surface area contributed by atoms with Crippen LogP contribution in [0, 0.1) is 0 Å². The average molecular weight is 212 g/mol. The minimum absolute atomic E-state index is 0.221. The number of nitrogens with zero attached hydrogens (tertiary/aromatic N) is 1. The van der Waals surface area contributed by atoms with E-state index in [2.05, 4.69) is 0 Å². The SMILES string of the molecule is CC(C)(N)CCC(=O)N1CCCCCC1. The molecule has 0 aromatic rings. The van der Waals surface area contributed by atoms with Gasteiger partial charge in [-0.25, -0.2) is 0 Å². The third kappa shape index (κ3) is 5.17. The van der Waals surface area contributed by atoms with Crippen LogP contribution in [0.5, 0.6) is 0 Å². The van der Waals surface area contributed by atoms with Crippen LogP contribution in [-0.4, -0.2) is 29.4 Å². The molecule has 0 spiro atoms. The maximum atomic E-state index is 11.9. The number of carbonyl (C=O) groups excluding carboxylic acids is 1. The van der Waals surface area contributed by atoms with Crippen molar-refractivity contribution in [3.8, 4) is 0 Å². The minimum atomic E-state index is -0.221. The number of carbonyl (C=O) groups is 1. The monoisotopic (exact) mass is 212 g/mol. The number of rotatable bonds is 3. The van der Waals surface area contributed by atoms with Crippen molar-refractivity contribution in [1.82, 2.24) is 4.90 Å². The number of amides is 1. The first-order valence-corrected chi connectivity index (χ1v) is 6.06. The standard InChI is InChI=1S/C12H24N2O/c1-12(2,13)8-7-11(15)14-9-5-3-4-6-10-14/h3-10,13H2,1-2H3. The molecule has 1 rings (SSSR count). The normalized spacial score (nSPS) is 18.7. The first-order chi connectivity index (χ1) is 6.99. The maximum absolute atomic E-state index is 11.9. The fourth-order valence-corrected chi connectivity index (χ4v) is 1.91. The summed E-state index contributed by atoms with van der Waals surface area (Å²) in [4.78, 5) is 13.9. The lowest BCUT2D eigenvalue weighted by Crippen LogP contribution is -2.36. The van der Waals surface area contributed by atoms with Crippen LogP contribution in [0.3, 0.4) is 0 Å². The van der Waals surface area contributed by atoms with Crippen molar-refractivity contribution >= 4 is 5.91 Å². The lowest BCUT2D eigenvalue weighted by molar-refractivity contribution is -0.131. The van der Waals surface area contributed by atoms with Gasteiger partial charge < -0.3 is 10.6 Å². The van der Waals surface area contributed by atoms with Gasteiger partial charge in [-0.15, -0.1) is 0 Å². The van der Waals surface area contributed by atoms with Gasteiger partial charge in [-0.2, -0.15) is 0 Å². The van der Waals surface area contributed by atoms with Gasteiger partial charge in [-0.1, -0.05) is 12.8 Å². The number of nitrogens with two attached hydrogens (primary N) is 1. The van der Waals surface area contributed by atoms with E-state index in [9.17, 15) is 4.79 Å². The van der Waals surface area contributed by atoms with E-state index in [1.807, 2.05) is 18.7 Å². The quantitative estimate of drug-likeness (QED) is 0.776. The Morgan fingerprint density at radius 1 is 1.20 bits per heavy atom. The van der Waals surface area contributed by atoms with Crippen LogP contribution in [0.25, 0.3) is 0 Å². The third-order valence-electron chi connectivity index (χ3n) is 2.94. The van der Waals surface area contributed by atoms with Gasteiger partial charge in [0, 0.05) is 25.0 Å². The molecular formula is C12H24N2O. The number of hydrogen-bond acceptors (Lipinski definition) is 2. The van der Waals surface area contributed by atoms with Crippen LogP contribution >= 0.6 is 0 Å². The van der Waals surface area contributed by atoms with Gasteiger partial charge in [0.05, 0.1) is 0 Å². The molecule has 1 saturated heterocycles. The van der Waals surface area contributed by atoms with Crippen LogP contribution < -0.4 is 5.73 Å². The van der Waals surface area contributed by atoms with Crippen LogP contribution in [0.2, 0.25) is 0 Å². The van der Waals surface area contributed by atoms with E-state index in [4.69, 9.17) is 5.73 Å². The van der Waals surface area contributed by atoms with Gasteiger partial charge in [-0.05, 0) is 33.1 Å². The first-order valence-electron chi connectivity index (χ1n) is 6.06. The molecular weight excluding hydrogens is 188 g/mol. The van der Waals surface area contributed by atoms with E-state index < -0.39 is 0 Å². The van der Waals surface area contributed by atoms with Gasteiger partial charge in [0.1, 0.15) is 0 Å². The third-order valence-corrected chi connectivity index (χ3v) is 2.94. The lowest BCUT2D eigenvalue weighted by atomic mass is 10.00. The Labute approximate surface area is 93.0 Å². The van der Waals surface area contributed by atoms with Gasteiger partial charge in [-0.3, -0.25) is 4.79 Å². The van der Waals surface area contributed by atoms with E-state index in [0.717, 1.165) is 32.4 Å². The summed E-state index contributed by atoms with van der Waals surface area (Å²) in [6, 6.07) is 0. The first kappa shape index (κ1) is 12.5. The zero-order chi connectivity index (χ0) is 11.3. The van der Waals surface area contributed by atoms with Crippen LogP contribution in [-0.2, 0) is 4.79 Å². The number of hydrogen-bond donors (Lipinski definition) is 1. The van der Waals surface area contributed by atoms with E-state index in [0.29, 0.717) is 6.42 Å². The zero-order valence-electron chi connectivity index (χ0n) is 10.1. The summed E-state index contributed by atoms with van der Waals surface area (Å²) in [7, 11) is 0. The molecule has 0 radical (unpaired) electrons. The van der Waals surface area contributed by atoms with E-state index in [-0.39, 0.29) is 11.4 Å². The summed E-state index contributed by atoms with van der Waals surface area (Å²) in [5.41, 5.74) is 5.65. The van der Waals surface area contributed by atoms with Crippen molar-refractivity contribution in [3.63, 3.8) is 0 Å². The topological polar surface area (TPSA) is 46.3 Å². The molecule has 0 unspecified atom stereocenters. The smallest absolute Gasteiger partial charge is 0.222 e. The maximum Gasteiger partial charge on any atom is 0.222 e. The zero-order valence-corrected chi connectivity index (χ0v) is 10.1. The minimum Gasteiger partial charge on any atom is -0.343 e. The summed E-state index contributed by atoms with van der Waals surface area (Å²) in [6.07, 6.45) is 6.25. The Kier molecular flexibility index (Phi) is 4.58. The van der Waals surface area contributed by atoms with Gasteiger partial charge in [0.2, 0.25) is 5.91 Å². The lowest BCUT2D eigenvalue weighted by Gasteiger charge is -2.23. The molecule has 1 aliphatic rings. The molecule has 3 heteroatoms. The molecule has 0 bridgehead atoms. The summed E-state index contributed by atoms with van der Waals surface area (Å²) in [5, 5.41) is 0. The molecule has 1 heterocycles. The van der Waals surface area contributed by atoms with Crippen molar-refractivity contribution in [2.75, 3.05) is 13.1 Å². The van der Waals surface area contributed by atoms with Gasteiger partial charge in [0.25, 0.3) is 0 Å². The van der Waals surface area contributed by atoms with E-state index in [1.165, 1.54) is 12.8 Å². The largest absolute Gasteiger partial charge is 0.343 e. The predicted molar refractivity (Wildman–Crippen MR) is 62.5 cm³/mol. The molecule has 15 heavy (non-hydrogen) atoms. The second-order valence-corrected chi connectivity index (χ2v) is 5.28. The average Bonchev–Trinajstić information content (AvgIpc) is 2.41. The van der Waals surface area contributed by atoms with Crippen molar-refractivity contribution in [2.45, 2.75) is 57.9 Å². The molecule has 0 aliphatic carbocycles. The predicted octanol–water partition coefficient (Wildman–Crippen LogP) is 1.91. The fraction of sp³-hybridized carbons (Fsp3) is 0.917. The van der Waals surface area contributed by atoms with Crippen molar-refractivity contribution in [3.05, 3.63) is 0 Å². The van der Waals surface area contributed by atoms with Crippen LogP contribution in [0.15, 0.2) is 0 Å². The van der Waals surface area contributed by atoms with Crippen molar-refractivity contribution in [1.29, 1.82) is 0 Å².